The van der Waals surface area contributed by atoms with E-state index in [9.17, 15) is 9.59 Å². The molecule has 1 aromatic carbocycles. The van der Waals surface area contributed by atoms with Gasteiger partial charge in [-0.15, -0.1) is 0 Å². The zero-order chi connectivity index (χ0) is 19.8. The number of H-pyrrole nitrogens is 1. The zero-order valence-electron chi connectivity index (χ0n) is 15.7. The van der Waals surface area contributed by atoms with Crippen LogP contribution in [0.4, 0.5) is 5.69 Å². The van der Waals surface area contributed by atoms with Crippen LogP contribution in [-0.2, 0) is 0 Å². The lowest BCUT2D eigenvalue weighted by molar-refractivity contribution is 0.102. The Labute approximate surface area is 166 Å². The summed E-state index contributed by atoms with van der Waals surface area (Å²) in [6.07, 6.45) is 3.49. The van der Waals surface area contributed by atoms with E-state index in [0.29, 0.717) is 27.9 Å². The first-order valence-electron chi connectivity index (χ1n) is 9.68. The van der Waals surface area contributed by atoms with E-state index in [4.69, 9.17) is 5.10 Å². The van der Waals surface area contributed by atoms with E-state index in [1.807, 2.05) is 16.6 Å². The quantitative estimate of drug-likeness (QED) is 0.500. The maximum absolute atomic E-state index is 12.6. The minimum Gasteiger partial charge on any atom is -0.320 e. The summed E-state index contributed by atoms with van der Waals surface area (Å²) < 4.78 is 1.82. The molecule has 4 heterocycles. The predicted molar refractivity (Wildman–Crippen MR) is 110 cm³/mol. The molecule has 4 aromatic rings. The van der Waals surface area contributed by atoms with Gasteiger partial charge in [0.25, 0.3) is 11.5 Å². The van der Waals surface area contributed by atoms with Gasteiger partial charge >= 0.3 is 0 Å². The van der Waals surface area contributed by atoms with Crippen LogP contribution >= 0.6 is 0 Å². The van der Waals surface area contributed by atoms with E-state index >= 15 is 0 Å². The van der Waals surface area contributed by atoms with E-state index in [0.717, 1.165) is 31.6 Å². The minimum absolute atomic E-state index is 0.168. The highest BCUT2D eigenvalue weighted by atomic mass is 16.2. The summed E-state index contributed by atoms with van der Waals surface area (Å²) in [4.78, 5) is 32.1. The monoisotopic (exact) mass is 388 g/mol. The number of nitrogens with one attached hydrogen (secondary N) is 3. The van der Waals surface area contributed by atoms with Gasteiger partial charge in [0.05, 0.1) is 22.3 Å². The lowest BCUT2D eigenvalue weighted by Gasteiger charge is -2.23. The van der Waals surface area contributed by atoms with E-state index in [-0.39, 0.29) is 17.4 Å². The molecule has 29 heavy (non-hydrogen) atoms. The first kappa shape index (κ1) is 17.6. The predicted octanol–water partition coefficient (Wildman–Crippen LogP) is 2.29. The number of nitrogens with zero attached hydrogens (tertiary/aromatic N) is 3. The van der Waals surface area contributed by atoms with Gasteiger partial charge in [-0.2, -0.15) is 5.10 Å². The number of pyridine rings is 1. The van der Waals surface area contributed by atoms with Crippen molar-refractivity contribution in [2.24, 2.45) is 0 Å². The first-order valence-corrected chi connectivity index (χ1v) is 9.68. The maximum atomic E-state index is 12.6. The van der Waals surface area contributed by atoms with Gasteiger partial charge in [-0.3, -0.25) is 14.6 Å². The molecule has 0 aliphatic carbocycles. The number of carbonyl (C=O) groups excluding carboxylic acids is 1. The molecular weight excluding hydrogens is 368 g/mol. The van der Waals surface area contributed by atoms with Crippen LogP contribution in [0.1, 0.15) is 34.9 Å². The fourth-order valence-electron chi connectivity index (χ4n) is 3.98. The molecule has 3 N–H and O–H groups in total. The summed E-state index contributed by atoms with van der Waals surface area (Å²) in [5.74, 6) is -0.0452. The number of carbonyl (C=O) groups is 1. The van der Waals surface area contributed by atoms with Gasteiger partial charge < -0.3 is 15.6 Å². The van der Waals surface area contributed by atoms with Crippen LogP contribution in [-0.4, -0.2) is 38.6 Å². The van der Waals surface area contributed by atoms with Crippen LogP contribution in [0.3, 0.4) is 0 Å². The van der Waals surface area contributed by atoms with Crippen molar-refractivity contribution >= 4 is 28.1 Å². The van der Waals surface area contributed by atoms with Gasteiger partial charge in [0.1, 0.15) is 11.3 Å². The van der Waals surface area contributed by atoms with Crippen molar-refractivity contribution < 1.29 is 4.79 Å². The highest BCUT2D eigenvalue weighted by molar-refractivity contribution is 6.11. The second-order valence-corrected chi connectivity index (χ2v) is 7.21. The Balaban J connectivity index is 1.65. The molecule has 3 aromatic heterocycles. The molecule has 0 spiro atoms. The number of hydrogen-bond acceptors (Lipinski definition) is 5. The van der Waals surface area contributed by atoms with E-state index in [1.54, 1.807) is 36.5 Å². The second-order valence-electron chi connectivity index (χ2n) is 7.21. The molecule has 1 aliphatic rings. The van der Waals surface area contributed by atoms with Crippen LogP contribution in [0.25, 0.3) is 16.6 Å². The van der Waals surface area contributed by atoms with Gasteiger partial charge in [-0.05, 0) is 50.2 Å². The molecule has 1 saturated heterocycles. The molecule has 0 radical (unpaired) electrons. The summed E-state index contributed by atoms with van der Waals surface area (Å²) in [6.45, 7) is 1.84. The van der Waals surface area contributed by atoms with Gasteiger partial charge in [0.15, 0.2) is 0 Å². The van der Waals surface area contributed by atoms with Gasteiger partial charge in [-0.25, -0.2) is 4.52 Å². The molecule has 146 valence electrons. The smallest absolute Gasteiger partial charge is 0.274 e. The fourth-order valence-corrected chi connectivity index (χ4v) is 3.98. The Morgan fingerprint density at radius 3 is 2.79 bits per heavy atom. The number of piperidine rings is 1. The first-order chi connectivity index (χ1) is 14.2. The standard InChI is InChI=1S/C21H20N6O2/c28-18-12-17(13-7-10-22-11-8-13)27-20(25-18)19-14(5-3-6-15(19)26-27)24-21(29)16-4-1-2-9-23-16/h1-6,9,12-13,22H,7-8,10-11H2,(H,24,29)(H,25,28). The molecule has 1 amide bonds. The third-order valence-electron chi connectivity index (χ3n) is 5.37. The molecule has 8 heteroatoms. The molecular formula is C21H20N6O2. The summed E-state index contributed by atoms with van der Waals surface area (Å²) in [6, 6.07) is 12.3. The van der Waals surface area contributed by atoms with E-state index in [2.05, 4.69) is 20.6 Å². The van der Waals surface area contributed by atoms with Crippen molar-refractivity contribution in [1.29, 1.82) is 0 Å². The lowest BCUT2D eigenvalue weighted by Crippen LogP contribution is -2.28. The van der Waals surface area contributed by atoms with Crippen LogP contribution in [0.2, 0.25) is 0 Å². The van der Waals surface area contributed by atoms with E-state index in [1.165, 1.54) is 0 Å². The molecule has 1 aliphatic heterocycles. The molecule has 0 saturated carbocycles. The Morgan fingerprint density at radius 1 is 1.14 bits per heavy atom. The van der Waals surface area contributed by atoms with Crippen molar-refractivity contribution in [1.82, 2.24) is 24.9 Å². The maximum Gasteiger partial charge on any atom is 0.274 e. The average Bonchev–Trinajstić information content (AvgIpc) is 3.14. The highest BCUT2D eigenvalue weighted by Gasteiger charge is 2.22. The van der Waals surface area contributed by atoms with Crippen LogP contribution in [0, 0.1) is 0 Å². The van der Waals surface area contributed by atoms with E-state index < -0.39 is 0 Å². The fraction of sp³-hybridized carbons (Fsp3) is 0.238. The number of fused-ring (bicyclic) bond motifs is 3. The Hall–Kier alpha value is -3.52. The summed E-state index contributed by atoms with van der Waals surface area (Å²) >= 11 is 0. The summed E-state index contributed by atoms with van der Waals surface area (Å²) in [5.41, 5.74) is 2.96. The van der Waals surface area contributed by atoms with Crippen molar-refractivity contribution in [3.8, 4) is 0 Å². The molecule has 1 fully saturated rings. The largest absolute Gasteiger partial charge is 0.320 e. The number of aromatic amines is 1. The summed E-state index contributed by atoms with van der Waals surface area (Å²) in [5, 5.41) is 11.7. The average molecular weight is 388 g/mol. The molecule has 0 unspecified atom stereocenters. The van der Waals surface area contributed by atoms with Gasteiger partial charge in [0, 0.05) is 18.2 Å². The number of anilines is 1. The van der Waals surface area contributed by atoms with Crippen molar-refractivity contribution in [2.45, 2.75) is 18.8 Å². The molecule has 5 rings (SSSR count). The SMILES string of the molecule is O=C(Nc1cccc2nn3c(C4CCNCC4)cc(=O)[nH]c3c12)c1ccccn1. The Bertz CT molecular complexity index is 1250. The Morgan fingerprint density at radius 2 is 2.00 bits per heavy atom. The molecule has 8 nitrogen and oxygen atoms in total. The number of benzene rings is 1. The van der Waals surface area contributed by atoms with Crippen LogP contribution in [0.15, 0.2) is 53.5 Å². The highest BCUT2D eigenvalue weighted by Crippen LogP contribution is 2.30. The minimum atomic E-state index is -0.311. The third-order valence-corrected chi connectivity index (χ3v) is 5.37. The van der Waals surface area contributed by atoms with Gasteiger partial charge in [0.2, 0.25) is 0 Å². The van der Waals surface area contributed by atoms with Crippen molar-refractivity contribution in [3.63, 3.8) is 0 Å². The second kappa shape index (κ2) is 7.14. The van der Waals surface area contributed by atoms with Crippen LogP contribution in [0.5, 0.6) is 0 Å². The zero-order valence-corrected chi connectivity index (χ0v) is 15.7. The van der Waals surface area contributed by atoms with Gasteiger partial charge in [-0.1, -0.05) is 12.1 Å². The molecule has 0 bridgehead atoms. The number of rotatable bonds is 3. The van der Waals surface area contributed by atoms with Crippen molar-refractivity contribution in [2.75, 3.05) is 18.4 Å². The van der Waals surface area contributed by atoms with Crippen molar-refractivity contribution in [3.05, 3.63) is 70.4 Å². The lowest BCUT2D eigenvalue weighted by atomic mass is 9.94. The Kier molecular flexibility index (Phi) is 4.33. The number of amides is 1. The number of hydrogen-bond donors (Lipinski definition) is 3. The summed E-state index contributed by atoms with van der Waals surface area (Å²) in [7, 11) is 0. The molecule has 0 atom stereocenters. The normalized spacial score (nSPS) is 15.0. The van der Waals surface area contributed by atoms with Crippen LogP contribution < -0.4 is 16.2 Å². The number of aromatic nitrogens is 4. The topological polar surface area (TPSA) is 104 Å². The third kappa shape index (κ3) is 3.17.